The van der Waals surface area contributed by atoms with Crippen LogP contribution in [0.2, 0.25) is 0 Å². The molecular weight excluding hydrogens is 1450 g/mol. The monoisotopic (exact) mass is 1550 g/mol. The lowest BCUT2D eigenvalue weighted by Gasteiger charge is -2.39. The highest BCUT2D eigenvalue weighted by Gasteiger charge is 2.46. The van der Waals surface area contributed by atoms with Crippen LogP contribution in [0, 0.1) is 18.8 Å². The first-order valence-corrected chi connectivity index (χ1v) is 38.3. The molecule has 0 bridgehead atoms. The zero-order valence-corrected chi connectivity index (χ0v) is 64.4. The number of hydrogen-bond acceptors (Lipinski definition) is 23. The summed E-state index contributed by atoms with van der Waals surface area (Å²) in [5.41, 5.74) is 7.36. The normalized spacial score (nSPS) is 16.7. The Labute approximate surface area is 652 Å². The molecule has 10 rings (SSSR count). The molecule has 0 aliphatic carbocycles. The minimum absolute atomic E-state index is 0.0173. The third-order valence-corrected chi connectivity index (χ3v) is 19.7. The van der Waals surface area contributed by atoms with Gasteiger partial charge in [0, 0.05) is 94.7 Å². The van der Waals surface area contributed by atoms with Crippen molar-refractivity contribution in [1.82, 2.24) is 25.3 Å². The fourth-order valence-electron chi connectivity index (χ4n) is 13.4. The molecule has 0 radical (unpaired) electrons. The van der Waals surface area contributed by atoms with E-state index in [0.29, 0.717) is 147 Å². The van der Waals surface area contributed by atoms with Crippen LogP contribution in [0.25, 0.3) is 0 Å². The van der Waals surface area contributed by atoms with E-state index >= 15 is 0 Å². The number of methoxy groups -OCH3 is 1. The Bertz CT molecular complexity index is 4090. The maximum Gasteiger partial charge on any atom is 0.416 e. The summed E-state index contributed by atoms with van der Waals surface area (Å²) in [4.78, 5) is 129. The van der Waals surface area contributed by atoms with Crippen LogP contribution in [0.3, 0.4) is 0 Å². The molecule has 112 heavy (non-hydrogen) atoms. The molecule has 5 aromatic rings. The second-order valence-corrected chi connectivity index (χ2v) is 28.0. The van der Waals surface area contributed by atoms with Crippen molar-refractivity contribution >= 4 is 70.7 Å². The Hall–Kier alpha value is -9.82. The molecule has 0 saturated heterocycles. The van der Waals surface area contributed by atoms with Gasteiger partial charge in [0.2, 0.25) is 11.8 Å². The first-order chi connectivity index (χ1) is 54.3. The van der Waals surface area contributed by atoms with Crippen molar-refractivity contribution in [2.24, 2.45) is 16.8 Å². The molecule has 7 amide bonds. The van der Waals surface area contributed by atoms with Crippen LogP contribution in [-0.2, 0) is 110 Å². The molecule has 0 saturated carbocycles. The lowest BCUT2D eigenvalue weighted by Crippen LogP contribution is -2.55. The number of aliphatic hydroxyl groups excluding tert-OH is 1. The van der Waals surface area contributed by atoms with Gasteiger partial charge in [-0.15, -0.1) is 0 Å². The van der Waals surface area contributed by atoms with Crippen LogP contribution >= 0.6 is 0 Å². The van der Waals surface area contributed by atoms with Gasteiger partial charge in [-0.1, -0.05) is 86.6 Å². The van der Waals surface area contributed by atoms with E-state index in [0.717, 1.165) is 32.1 Å². The fourth-order valence-corrected chi connectivity index (χ4v) is 13.4. The van der Waals surface area contributed by atoms with Crippen molar-refractivity contribution in [3.63, 3.8) is 0 Å². The quantitative estimate of drug-likeness (QED) is 0.0261. The molecule has 5 aliphatic rings. The molecule has 29 heteroatoms. The topological polar surface area (TPSA) is 334 Å². The van der Waals surface area contributed by atoms with Crippen molar-refractivity contribution in [3.05, 3.63) is 159 Å². The number of benzene rings is 5. The van der Waals surface area contributed by atoms with Gasteiger partial charge in [-0.05, 0) is 83.7 Å². The van der Waals surface area contributed by atoms with Gasteiger partial charge in [0.1, 0.15) is 18.1 Å². The molecule has 602 valence electrons. The summed E-state index contributed by atoms with van der Waals surface area (Å²) in [6.45, 7) is 14.0. The predicted molar refractivity (Wildman–Crippen MR) is 410 cm³/mol. The van der Waals surface area contributed by atoms with Gasteiger partial charge in [-0.3, -0.25) is 48.2 Å². The van der Waals surface area contributed by atoms with E-state index in [4.69, 9.17) is 61.8 Å². The van der Waals surface area contributed by atoms with E-state index < -0.39 is 54.0 Å². The van der Waals surface area contributed by atoms with Crippen molar-refractivity contribution in [3.8, 4) is 17.2 Å². The average molecular weight is 1550 g/mol. The second-order valence-electron chi connectivity index (χ2n) is 28.0. The summed E-state index contributed by atoms with van der Waals surface area (Å²) in [5, 5.41) is 17.9. The van der Waals surface area contributed by atoms with Gasteiger partial charge < -0.3 is 82.4 Å². The minimum Gasteiger partial charge on any atom is -0.493 e. The molecule has 5 heterocycles. The van der Waals surface area contributed by atoms with Gasteiger partial charge >= 0.3 is 6.09 Å². The summed E-state index contributed by atoms with van der Waals surface area (Å²) < 4.78 is 68.6. The highest BCUT2D eigenvalue weighted by Crippen LogP contribution is 2.42. The maximum absolute atomic E-state index is 14.7. The first kappa shape index (κ1) is 84.6. The number of ketones is 2. The lowest BCUT2D eigenvalue weighted by molar-refractivity contribution is -0.137. The number of imide groups is 1. The highest BCUT2D eigenvalue weighted by molar-refractivity contribution is 6.13. The minimum atomic E-state index is -1.56. The number of aliphatic imine (C=N–C) groups is 1. The Kier molecular flexibility index (Phi) is 32.7. The Morgan fingerprint density at radius 3 is 1.71 bits per heavy atom. The fraction of sp³-hybridized carbons (Fsp3) is 0.494. The van der Waals surface area contributed by atoms with Crippen molar-refractivity contribution < 1.29 is 105 Å². The molecule has 0 aromatic heterocycles. The number of nitrogens with zero attached hydrogens (tertiary/aromatic N) is 5. The van der Waals surface area contributed by atoms with Gasteiger partial charge in [0.15, 0.2) is 23.5 Å². The Morgan fingerprint density at radius 2 is 1.12 bits per heavy atom. The summed E-state index contributed by atoms with van der Waals surface area (Å²) >= 11 is 0. The van der Waals surface area contributed by atoms with Gasteiger partial charge in [-0.2, -0.15) is 0 Å². The third-order valence-electron chi connectivity index (χ3n) is 19.7. The number of ether oxygens (including phenoxy) is 12. The standard InChI is InChI=1S/C83H103N7O22/c1-55(2)66(47-65(91)22-27-102-29-31-104-33-35-106-37-39-108-41-42-109-40-38-107-36-34-105-32-30-103-28-23-84-76(93)21-24-87-77(94)19-20-78(87)95)79(96)86-57(4)72(92)44-58-15-17-59(18-16-58)54-112-83(100)90-70-50-75(74(101-5)48-68(70)81(98)89-53-63-14-9-7-12-61(63)46-71(89)82(90)99)111-26-10-25-110-73-49-69-67(43-56(73)3)80(97)88-52-62-13-8-6-11-60(62)45-64(88)51-85-69/h6-9,11-20,43,48-51,55,57,64,66,71,82,99H,10,21-42,44-47,52-54H2,1-5H3,(H,84,93)(H,86,96)/t57-,64-,66-,71-,82?/m0/s1. The van der Waals surface area contributed by atoms with Gasteiger partial charge in [-0.25, -0.2) is 9.69 Å². The van der Waals surface area contributed by atoms with Crippen molar-refractivity contribution in [2.75, 3.05) is 144 Å². The third kappa shape index (κ3) is 24.1. The Morgan fingerprint density at radius 1 is 0.580 bits per heavy atom. The summed E-state index contributed by atoms with van der Waals surface area (Å²) in [6, 6.07) is 27.4. The average Bonchev–Trinajstić information content (AvgIpc) is 1.59. The number of carbonyl (C=O) groups excluding carboxylic acids is 9. The van der Waals surface area contributed by atoms with Crippen molar-refractivity contribution in [1.29, 1.82) is 0 Å². The number of Topliss-reactive ketones (excluding diaryl/α,β-unsaturated/α-hetero) is 2. The SMILES string of the molecule is COc1cc2c(cc1OCCCOc1cc3c(cc1C)C(=O)N1Cc4ccccc4C[C@H]1C=N3)N(C(=O)OCc1ccc(CC(=O)[C@H](C)NC(=O)[C@@H](CC(=O)CCOCCOCCOCCOCCOCCOCCOCCOCCNC(=O)CCN3C(=O)C=CC3=O)C(C)C)cc1)C(O)[C@@H]1Cc3ccccc3CN1C2=O. The number of anilines is 1. The van der Waals surface area contributed by atoms with E-state index in [1.807, 2.05) is 74.4 Å². The molecule has 29 nitrogen and oxygen atoms in total. The maximum atomic E-state index is 14.7. The van der Waals surface area contributed by atoms with Crippen LogP contribution < -0.4 is 29.7 Å². The summed E-state index contributed by atoms with van der Waals surface area (Å²) in [5.74, 6) is -2.28. The highest BCUT2D eigenvalue weighted by atomic mass is 16.6. The zero-order chi connectivity index (χ0) is 79.3. The van der Waals surface area contributed by atoms with Crippen LogP contribution in [-0.4, -0.2) is 243 Å². The number of carbonyl (C=O) groups is 9. The molecule has 1 unspecified atom stereocenters. The number of hydrogen-bond donors (Lipinski definition) is 3. The molecule has 5 aliphatic heterocycles. The molecule has 5 aromatic carbocycles. The lowest BCUT2D eigenvalue weighted by atomic mass is 9.88. The number of rotatable bonds is 47. The van der Waals surface area contributed by atoms with E-state index in [2.05, 4.69) is 22.8 Å². The molecule has 0 fully saturated rings. The predicted octanol–water partition coefficient (Wildman–Crippen LogP) is 6.98. The molecule has 0 spiro atoms. The van der Waals surface area contributed by atoms with Gasteiger partial charge in [0.25, 0.3) is 23.6 Å². The Balaban J connectivity index is 0.581. The smallest absolute Gasteiger partial charge is 0.416 e. The second kappa shape index (κ2) is 43.3. The van der Waals surface area contributed by atoms with Crippen LogP contribution in [0.1, 0.15) is 106 Å². The molecule has 5 atom stereocenters. The largest absolute Gasteiger partial charge is 0.493 e. The number of aliphatic hydroxyl groups is 1. The number of aryl methyl sites for hydroxylation is 1. The summed E-state index contributed by atoms with van der Waals surface area (Å²) in [7, 11) is 1.45. The van der Waals surface area contributed by atoms with Gasteiger partial charge in [0.05, 0.1) is 167 Å². The first-order valence-electron chi connectivity index (χ1n) is 38.3. The van der Waals surface area contributed by atoms with E-state index in [1.54, 1.807) is 42.2 Å². The summed E-state index contributed by atoms with van der Waals surface area (Å²) in [6.07, 6.45) is 3.15. The number of amides is 7. The van der Waals surface area contributed by atoms with E-state index in [9.17, 15) is 48.3 Å². The molecular formula is C83H103N7O22. The van der Waals surface area contributed by atoms with Crippen molar-refractivity contribution in [2.45, 2.75) is 117 Å². The van der Waals surface area contributed by atoms with Crippen LogP contribution in [0.4, 0.5) is 16.2 Å². The zero-order valence-electron chi connectivity index (χ0n) is 64.4. The number of fused-ring (bicyclic) bond motifs is 6. The van der Waals surface area contributed by atoms with Crippen LogP contribution in [0.15, 0.2) is 114 Å². The van der Waals surface area contributed by atoms with E-state index in [-0.39, 0.29) is 136 Å². The van der Waals surface area contributed by atoms with Crippen LogP contribution in [0.5, 0.6) is 17.2 Å². The van der Waals surface area contributed by atoms with E-state index in [1.165, 1.54) is 37.0 Å². The number of nitrogens with one attached hydrogen (secondary N) is 2. The molecule has 3 N–H and O–H groups in total.